The standard InChI is InChI=1S/C13H14ClNO4/c1-19-13(18)9-4-5-15(7-9)12(17)8-2-3-11(16)10(14)6-8/h2-3,6,9,16H,4-5,7H2,1H3. The lowest BCUT2D eigenvalue weighted by atomic mass is 10.1. The minimum absolute atomic E-state index is 0.0629. The summed E-state index contributed by atoms with van der Waals surface area (Å²) >= 11 is 5.77. The maximum Gasteiger partial charge on any atom is 0.310 e. The van der Waals surface area contributed by atoms with Gasteiger partial charge in [0, 0.05) is 18.7 Å². The number of phenols is 1. The zero-order valence-electron chi connectivity index (χ0n) is 10.4. The Labute approximate surface area is 115 Å². The number of hydrogen-bond acceptors (Lipinski definition) is 4. The first-order chi connectivity index (χ1) is 9.02. The lowest BCUT2D eigenvalue weighted by Gasteiger charge is -2.16. The molecule has 1 fully saturated rings. The molecule has 1 aromatic carbocycles. The van der Waals surface area contributed by atoms with Gasteiger partial charge in [0.15, 0.2) is 0 Å². The Kier molecular flexibility index (Phi) is 3.95. The molecule has 1 heterocycles. The summed E-state index contributed by atoms with van der Waals surface area (Å²) in [5, 5.41) is 9.45. The van der Waals surface area contributed by atoms with Gasteiger partial charge >= 0.3 is 5.97 Å². The molecule has 0 radical (unpaired) electrons. The minimum Gasteiger partial charge on any atom is -0.506 e. The van der Waals surface area contributed by atoms with Crippen LogP contribution in [0.4, 0.5) is 0 Å². The Balaban J connectivity index is 2.09. The van der Waals surface area contributed by atoms with Crippen molar-refractivity contribution in [3.8, 4) is 5.75 Å². The quantitative estimate of drug-likeness (QED) is 0.839. The van der Waals surface area contributed by atoms with Gasteiger partial charge in [0.05, 0.1) is 18.1 Å². The highest BCUT2D eigenvalue weighted by Gasteiger charge is 2.32. The fourth-order valence-electron chi connectivity index (χ4n) is 2.13. The van der Waals surface area contributed by atoms with Crippen molar-refractivity contribution in [2.45, 2.75) is 6.42 Å². The van der Waals surface area contributed by atoms with Crippen molar-refractivity contribution in [1.29, 1.82) is 0 Å². The van der Waals surface area contributed by atoms with E-state index in [1.807, 2.05) is 0 Å². The molecule has 19 heavy (non-hydrogen) atoms. The van der Waals surface area contributed by atoms with E-state index >= 15 is 0 Å². The molecule has 2 rings (SSSR count). The van der Waals surface area contributed by atoms with E-state index in [4.69, 9.17) is 11.6 Å². The highest BCUT2D eigenvalue weighted by molar-refractivity contribution is 6.32. The summed E-state index contributed by atoms with van der Waals surface area (Å²) < 4.78 is 4.67. The fraction of sp³-hybridized carbons (Fsp3) is 0.385. The molecule has 102 valence electrons. The second kappa shape index (κ2) is 5.48. The second-order valence-electron chi connectivity index (χ2n) is 4.43. The Morgan fingerprint density at radius 2 is 2.21 bits per heavy atom. The second-order valence-corrected chi connectivity index (χ2v) is 4.83. The van der Waals surface area contributed by atoms with E-state index in [1.165, 1.54) is 25.3 Å². The third kappa shape index (κ3) is 2.81. The number of hydrogen-bond donors (Lipinski definition) is 1. The third-order valence-corrected chi connectivity index (χ3v) is 3.51. The Bertz CT molecular complexity index is 517. The first-order valence-corrected chi connectivity index (χ1v) is 6.26. The lowest BCUT2D eigenvalue weighted by molar-refractivity contribution is -0.144. The lowest BCUT2D eigenvalue weighted by Crippen LogP contribution is -2.30. The van der Waals surface area contributed by atoms with Crippen LogP contribution in [0.15, 0.2) is 18.2 Å². The van der Waals surface area contributed by atoms with Gasteiger partial charge in [-0.25, -0.2) is 0 Å². The van der Waals surface area contributed by atoms with Crippen LogP contribution in [-0.2, 0) is 9.53 Å². The molecule has 1 saturated heterocycles. The zero-order valence-corrected chi connectivity index (χ0v) is 11.2. The summed E-state index contributed by atoms with van der Waals surface area (Å²) in [5.74, 6) is -0.819. The summed E-state index contributed by atoms with van der Waals surface area (Å²) in [4.78, 5) is 25.2. The van der Waals surface area contributed by atoms with Crippen molar-refractivity contribution in [3.63, 3.8) is 0 Å². The number of benzene rings is 1. The van der Waals surface area contributed by atoms with Crippen molar-refractivity contribution in [2.24, 2.45) is 5.92 Å². The van der Waals surface area contributed by atoms with Crippen LogP contribution in [0.3, 0.4) is 0 Å². The number of halogens is 1. The number of carbonyl (C=O) groups excluding carboxylic acids is 2. The Morgan fingerprint density at radius 3 is 2.84 bits per heavy atom. The molecule has 0 aromatic heterocycles. The number of ether oxygens (including phenoxy) is 1. The molecular weight excluding hydrogens is 270 g/mol. The molecule has 1 amide bonds. The van der Waals surface area contributed by atoms with Gasteiger partial charge in [0.2, 0.25) is 0 Å². The number of carbonyl (C=O) groups is 2. The highest BCUT2D eigenvalue weighted by Crippen LogP contribution is 2.26. The first kappa shape index (κ1) is 13.7. The molecule has 5 nitrogen and oxygen atoms in total. The molecule has 1 atom stereocenters. The summed E-state index contributed by atoms with van der Waals surface area (Å²) in [6, 6.07) is 4.31. The maximum atomic E-state index is 12.2. The monoisotopic (exact) mass is 283 g/mol. The molecule has 1 aliphatic rings. The number of phenolic OH excluding ortho intramolecular Hbond substituents is 1. The van der Waals surface area contributed by atoms with Gasteiger partial charge in [-0.05, 0) is 24.6 Å². The Hall–Kier alpha value is -1.75. The number of rotatable bonds is 2. The van der Waals surface area contributed by atoms with Gasteiger partial charge in [-0.3, -0.25) is 9.59 Å². The van der Waals surface area contributed by atoms with Gasteiger partial charge in [0.1, 0.15) is 5.75 Å². The van der Waals surface area contributed by atoms with Crippen LogP contribution in [0, 0.1) is 5.92 Å². The summed E-state index contributed by atoms with van der Waals surface area (Å²) in [5.41, 5.74) is 0.397. The topological polar surface area (TPSA) is 66.8 Å². The molecule has 1 unspecified atom stereocenters. The number of amides is 1. The summed E-state index contributed by atoms with van der Waals surface area (Å²) in [6.45, 7) is 0.862. The van der Waals surface area contributed by atoms with E-state index < -0.39 is 0 Å². The fourth-order valence-corrected chi connectivity index (χ4v) is 2.31. The highest BCUT2D eigenvalue weighted by atomic mass is 35.5. The molecule has 0 spiro atoms. The SMILES string of the molecule is COC(=O)C1CCN(C(=O)c2ccc(O)c(Cl)c2)C1. The molecule has 0 bridgehead atoms. The number of likely N-dealkylation sites (tertiary alicyclic amines) is 1. The van der Waals surface area contributed by atoms with Crippen LogP contribution in [0.25, 0.3) is 0 Å². The number of aromatic hydroxyl groups is 1. The summed E-state index contributed by atoms with van der Waals surface area (Å²) in [6.07, 6.45) is 0.601. The molecular formula is C13H14ClNO4. The van der Waals surface area contributed by atoms with Crippen LogP contribution >= 0.6 is 11.6 Å². The van der Waals surface area contributed by atoms with E-state index in [-0.39, 0.29) is 28.6 Å². The van der Waals surface area contributed by atoms with Crippen molar-refractivity contribution in [1.82, 2.24) is 4.90 Å². The molecule has 1 N–H and O–H groups in total. The van der Waals surface area contributed by atoms with Gasteiger partial charge in [-0.15, -0.1) is 0 Å². The van der Waals surface area contributed by atoms with Crippen LogP contribution in [-0.4, -0.2) is 42.1 Å². The molecule has 1 aliphatic heterocycles. The predicted molar refractivity (Wildman–Crippen MR) is 69.1 cm³/mol. The first-order valence-electron chi connectivity index (χ1n) is 5.88. The smallest absolute Gasteiger partial charge is 0.310 e. The molecule has 6 heteroatoms. The van der Waals surface area contributed by atoms with Crippen molar-refractivity contribution < 1.29 is 19.4 Å². The van der Waals surface area contributed by atoms with E-state index in [0.717, 1.165) is 0 Å². The van der Waals surface area contributed by atoms with Gasteiger partial charge in [0.25, 0.3) is 5.91 Å². The van der Waals surface area contributed by atoms with E-state index in [0.29, 0.717) is 25.1 Å². The normalized spacial score (nSPS) is 18.4. The predicted octanol–water partition coefficient (Wildman–Crippen LogP) is 1.68. The number of nitrogens with zero attached hydrogens (tertiary/aromatic N) is 1. The van der Waals surface area contributed by atoms with Crippen LogP contribution in [0.1, 0.15) is 16.8 Å². The van der Waals surface area contributed by atoms with E-state index in [2.05, 4.69) is 4.74 Å². The average molecular weight is 284 g/mol. The zero-order chi connectivity index (χ0) is 14.0. The third-order valence-electron chi connectivity index (χ3n) is 3.20. The maximum absolute atomic E-state index is 12.2. The van der Waals surface area contributed by atoms with Gasteiger partial charge in [-0.2, -0.15) is 0 Å². The van der Waals surface area contributed by atoms with E-state index in [9.17, 15) is 14.7 Å². The molecule has 0 saturated carbocycles. The van der Waals surface area contributed by atoms with Crippen molar-refractivity contribution >= 4 is 23.5 Å². The van der Waals surface area contributed by atoms with Gasteiger partial charge in [-0.1, -0.05) is 11.6 Å². The number of esters is 1. The Morgan fingerprint density at radius 1 is 1.47 bits per heavy atom. The van der Waals surface area contributed by atoms with E-state index in [1.54, 1.807) is 4.90 Å². The van der Waals surface area contributed by atoms with Gasteiger partial charge < -0.3 is 14.7 Å². The van der Waals surface area contributed by atoms with Crippen LogP contribution < -0.4 is 0 Å². The molecule has 0 aliphatic carbocycles. The summed E-state index contributed by atoms with van der Waals surface area (Å²) in [7, 11) is 1.34. The minimum atomic E-state index is -0.293. The average Bonchev–Trinajstić information content (AvgIpc) is 2.89. The van der Waals surface area contributed by atoms with Crippen molar-refractivity contribution in [2.75, 3.05) is 20.2 Å². The number of methoxy groups -OCH3 is 1. The largest absolute Gasteiger partial charge is 0.506 e. The van der Waals surface area contributed by atoms with Crippen molar-refractivity contribution in [3.05, 3.63) is 28.8 Å². The van der Waals surface area contributed by atoms with Crippen LogP contribution in [0.2, 0.25) is 5.02 Å². The molecule has 1 aromatic rings. The van der Waals surface area contributed by atoms with Crippen LogP contribution in [0.5, 0.6) is 5.75 Å².